The van der Waals surface area contributed by atoms with Gasteiger partial charge in [-0.25, -0.2) is 9.59 Å². The molecule has 1 heterocycles. The largest absolute Gasteiger partial charge is 0.480 e. The molecule has 0 bridgehead atoms. The first kappa shape index (κ1) is 32.0. The maximum atomic E-state index is 12.9. The molecule has 1 saturated heterocycles. The molecule has 1 aromatic rings. The van der Waals surface area contributed by atoms with Gasteiger partial charge in [0, 0.05) is 13.1 Å². The first-order valence-electron chi connectivity index (χ1n) is 13.3. The van der Waals surface area contributed by atoms with Gasteiger partial charge in [-0.3, -0.25) is 14.5 Å². The molecule has 0 spiro atoms. The summed E-state index contributed by atoms with van der Waals surface area (Å²) in [6, 6.07) is 6.85. The summed E-state index contributed by atoms with van der Waals surface area (Å²) in [6.07, 6.45) is 0.248. The third kappa shape index (κ3) is 12.0. The topological polar surface area (TPSA) is 144 Å². The molecule has 1 aromatic carbocycles. The van der Waals surface area contributed by atoms with Crippen LogP contribution in [0.4, 0.5) is 4.79 Å². The van der Waals surface area contributed by atoms with Crippen LogP contribution >= 0.6 is 0 Å². The molecule has 39 heavy (non-hydrogen) atoms. The van der Waals surface area contributed by atoms with E-state index in [0.29, 0.717) is 25.9 Å². The second-order valence-electron chi connectivity index (χ2n) is 11.6. The molecule has 3 atom stereocenters. The van der Waals surface area contributed by atoms with Crippen LogP contribution in [0.2, 0.25) is 0 Å². The number of aliphatic carboxylic acids is 1. The molecule has 11 heteroatoms. The highest BCUT2D eigenvalue weighted by molar-refractivity contribution is 5.81. The van der Waals surface area contributed by atoms with Gasteiger partial charge in [-0.05, 0) is 72.9 Å². The quantitative estimate of drug-likeness (QED) is 0.248. The van der Waals surface area contributed by atoms with Crippen molar-refractivity contribution in [3.8, 4) is 0 Å². The van der Waals surface area contributed by atoms with Gasteiger partial charge in [0.2, 0.25) is 0 Å². The average Bonchev–Trinajstić information content (AvgIpc) is 2.78. The summed E-state index contributed by atoms with van der Waals surface area (Å²) >= 11 is 0. The number of ether oxygens (including phenoxy) is 3. The number of hydrogen-bond donors (Lipinski definition) is 3. The van der Waals surface area contributed by atoms with Crippen LogP contribution < -0.4 is 10.6 Å². The maximum absolute atomic E-state index is 12.9. The van der Waals surface area contributed by atoms with Crippen molar-refractivity contribution in [2.45, 2.75) is 96.7 Å². The van der Waals surface area contributed by atoms with Crippen molar-refractivity contribution in [3.63, 3.8) is 0 Å². The van der Waals surface area contributed by atoms with E-state index in [1.807, 2.05) is 30.3 Å². The van der Waals surface area contributed by atoms with E-state index in [4.69, 9.17) is 14.2 Å². The summed E-state index contributed by atoms with van der Waals surface area (Å²) in [6.45, 7) is 11.7. The summed E-state index contributed by atoms with van der Waals surface area (Å²) in [7, 11) is 0. The number of benzene rings is 1. The van der Waals surface area contributed by atoms with Crippen LogP contribution in [-0.4, -0.2) is 83.0 Å². The molecule has 0 aromatic heterocycles. The number of likely N-dealkylation sites (tertiary alicyclic amines) is 1. The molecule has 11 nitrogen and oxygen atoms in total. The number of hydrogen-bond acceptors (Lipinski definition) is 9. The Morgan fingerprint density at radius 2 is 1.54 bits per heavy atom. The van der Waals surface area contributed by atoms with E-state index in [1.165, 1.54) is 0 Å². The summed E-state index contributed by atoms with van der Waals surface area (Å²) in [5.41, 5.74) is -0.675. The molecule has 218 valence electrons. The number of carbonyl (C=O) groups excluding carboxylic acids is 3. The zero-order valence-electron chi connectivity index (χ0n) is 23.8. The highest BCUT2D eigenvalue weighted by atomic mass is 16.6. The Labute approximate surface area is 230 Å². The van der Waals surface area contributed by atoms with Crippen molar-refractivity contribution in [1.82, 2.24) is 15.5 Å². The molecule has 0 saturated carbocycles. The van der Waals surface area contributed by atoms with Crippen molar-refractivity contribution < 1.29 is 38.5 Å². The Bertz CT molecular complexity index is 971. The Morgan fingerprint density at radius 3 is 2.05 bits per heavy atom. The van der Waals surface area contributed by atoms with Crippen LogP contribution in [-0.2, 0) is 35.2 Å². The van der Waals surface area contributed by atoms with Crippen LogP contribution in [0, 0.1) is 0 Å². The van der Waals surface area contributed by atoms with Crippen LogP contribution in [0.5, 0.6) is 0 Å². The van der Waals surface area contributed by atoms with E-state index < -0.39 is 53.3 Å². The lowest BCUT2D eigenvalue weighted by Gasteiger charge is -2.38. The van der Waals surface area contributed by atoms with Crippen LogP contribution in [0.1, 0.15) is 66.4 Å². The van der Waals surface area contributed by atoms with Gasteiger partial charge in [-0.1, -0.05) is 30.3 Å². The molecule has 0 aliphatic carbocycles. The fourth-order valence-corrected chi connectivity index (χ4v) is 3.89. The van der Waals surface area contributed by atoms with Gasteiger partial charge in [0.25, 0.3) is 0 Å². The summed E-state index contributed by atoms with van der Waals surface area (Å²) in [4.78, 5) is 51.4. The molecule has 1 aliphatic heterocycles. The standard InChI is InChI=1S/C28H43N3O8/c1-27(2,3)38-24(34)20(13-16-31-17-14-22(31)23(32)33)29-15-12-21(25(35)39-28(4,5)6)30-26(36)37-18-19-10-8-7-9-11-19/h7-11,20-22,29H,12-18H2,1-6H3,(H,30,36)(H,32,33)/t20-,21-,22-/m0/s1. The molecular weight excluding hydrogens is 506 g/mol. The van der Waals surface area contributed by atoms with Gasteiger partial charge < -0.3 is 30.0 Å². The number of nitrogens with one attached hydrogen (secondary N) is 2. The van der Waals surface area contributed by atoms with E-state index in [-0.39, 0.29) is 19.6 Å². The van der Waals surface area contributed by atoms with Gasteiger partial charge >= 0.3 is 24.0 Å². The van der Waals surface area contributed by atoms with Crippen molar-refractivity contribution in [1.29, 1.82) is 0 Å². The number of nitrogens with zero attached hydrogens (tertiary/aromatic N) is 1. The van der Waals surface area contributed by atoms with E-state index in [0.717, 1.165) is 5.56 Å². The molecule has 3 N–H and O–H groups in total. The van der Waals surface area contributed by atoms with Crippen LogP contribution in [0.3, 0.4) is 0 Å². The van der Waals surface area contributed by atoms with E-state index >= 15 is 0 Å². The zero-order valence-corrected chi connectivity index (χ0v) is 23.8. The lowest BCUT2D eigenvalue weighted by molar-refractivity contribution is -0.158. The molecular formula is C28H43N3O8. The number of carboxylic acid groups (broad SMARTS) is 1. The highest BCUT2D eigenvalue weighted by Gasteiger charge is 2.35. The molecule has 1 aliphatic rings. The summed E-state index contributed by atoms with van der Waals surface area (Å²) in [5.74, 6) is -1.98. The normalized spacial score (nSPS) is 17.3. The van der Waals surface area contributed by atoms with E-state index in [9.17, 15) is 24.3 Å². The Balaban J connectivity index is 2.01. The number of amides is 1. The summed E-state index contributed by atoms with van der Waals surface area (Å²) < 4.78 is 16.3. The minimum absolute atomic E-state index is 0.0422. The smallest absolute Gasteiger partial charge is 0.408 e. The predicted octanol–water partition coefficient (Wildman–Crippen LogP) is 2.86. The SMILES string of the molecule is CC(C)(C)OC(=O)[C@H](CCN1CC[C@H]1C(=O)O)NCC[C@H](NC(=O)OCc1ccccc1)C(=O)OC(C)(C)C. The third-order valence-electron chi connectivity index (χ3n) is 5.83. The fourth-order valence-electron chi connectivity index (χ4n) is 3.89. The van der Waals surface area contributed by atoms with Crippen LogP contribution in [0.15, 0.2) is 30.3 Å². The molecule has 0 unspecified atom stereocenters. The van der Waals surface area contributed by atoms with Gasteiger partial charge in [-0.15, -0.1) is 0 Å². The van der Waals surface area contributed by atoms with Crippen molar-refractivity contribution in [3.05, 3.63) is 35.9 Å². The second kappa shape index (κ2) is 14.3. The van der Waals surface area contributed by atoms with Gasteiger partial charge in [-0.2, -0.15) is 0 Å². The highest BCUT2D eigenvalue weighted by Crippen LogP contribution is 2.19. The molecule has 1 fully saturated rings. The van der Waals surface area contributed by atoms with Crippen molar-refractivity contribution >= 4 is 24.0 Å². The average molecular weight is 550 g/mol. The third-order valence-corrected chi connectivity index (χ3v) is 5.83. The number of alkyl carbamates (subject to hydrolysis) is 1. The minimum Gasteiger partial charge on any atom is -0.480 e. The second-order valence-corrected chi connectivity index (χ2v) is 11.6. The summed E-state index contributed by atoms with van der Waals surface area (Å²) in [5, 5.41) is 15.0. The minimum atomic E-state index is -1.02. The Kier molecular flexibility index (Phi) is 11.7. The number of rotatable bonds is 13. The molecule has 1 amide bonds. The lowest BCUT2D eigenvalue weighted by Crippen LogP contribution is -2.54. The van der Waals surface area contributed by atoms with Gasteiger partial charge in [0.05, 0.1) is 0 Å². The Morgan fingerprint density at radius 1 is 0.949 bits per heavy atom. The Hall–Kier alpha value is -3.18. The van der Waals surface area contributed by atoms with Crippen molar-refractivity contribution in [2.24, 2.45) is 0 Å². The molecule has 0 radical (unpaired) electrons. The predicted molar refractivity (Wildman–Crippen MR) is 144 cm³/mol. The zero-order chi connectivity index (χ0) is 29.2. The monoisotopic (exact) mass is 549 g/mol. The first-order chi connectivity index (χ1) is 18.1. The number of carboxylic acids is 1. The number of esters is 2. The molecule has 2 rings (SSSR count). The van der Waals surface area contributed by atoms with Crippen LogP contribution in [0.25, 0.3) is 0 Å². The maximum Gasteiger partial charge on any atom is 0.408 e. The lowest BCUT2D eigenvalue weighted by atomic mass is 10.0. The van der Waals surface area contributed by atoms with E-state index in [1.54, 1.807) is 46.4 Å². The number of carbonyl (C=O) groups is 4. The van der Waals surface area contributed by atoms with Crippen molar-refractivity contribution in [2.75, 3.05) is 19.6 Å². The first-order valence-corrected chi connectivity index (χ1v) is 13.3. The van der Waals surface area contributed by atoms with Gasteiger partial charge in [0.15, 0.2) is 0 Å². The fraction of sp³-hybridized carbons (Fsp3) is 0.643. The van der Waals surface area contributed by atoms with E-state index in [2.05, 4.69) is 10.6 Å². The van der Waals surface area contributed by atoms with Gasteiger partial charge in [0.1, 0.15) is 35.9 Å².